The fourth-order valence-corrected chi connectivity index (χ4v) is 5.14. The molecule has 2 aromatic rings. The highest BCUT2D eigenvalue weighted by molar-refractivity contribution is 5.40. The number of H-pyrrole nitrogens is 1. The summed E-state index contributed by atoms with van der Waals surface area (Å²) >= 11 is 0. The Hall–Kier alpha value is -2.19. The number of rotatable bonds is 3. The van der Waals surface area contributed by atoms with E-state index >= 15 is 0 Å². The minimum atomic E-state index is 0.0415. The minimum absolute atomic E-state index is 0.0415. The van der Waals surface area contributed by atoms with Crippen LogP contribution >= 0.6 is 0 Å². The minimum Gasteiger partial charge on any atom is -0.378 e. The number of nitrogens with zero attached hydrogens (tertiary/aromatic N) is 4. The number of fused-ring (bicyclic) bond motifs is 2. The highest BCUT2D eigenvalue weighted by atomic mass is 16.5. The Morgan fingerprint density at radius 3 is 2.55 bits per heavy atom. The zero-order valence-corrected chi connectivity index (χ0v) is 17.3. The summed E-state index contributed by atoms with van der Waals surface area (Å²) in [6.07, 6.45) is 3.96. The second-order valence-electron chi connectivity index (χ2n) is 8.68. The first-order valence-electron chi connectivity index (χ1n) is 10.7. The molecule has 0 unspecified atom stereocenters. The molecule has 0 radical (unpaired) electrons. The molecule has 29 heavy (non-hydrogen) atoms. The maximum atomic E-state index is 12.8. The number of likely N-dealkylation sites (tertiary alicyclic amines) is 1. The Kier molecular flexibility index (Phi) is 4.70. The van der Waals surface area contributed by atoms with Crippen molar-refractivity contribution < 1.29 is 9.26 Å². The van der Waals surface area contributed by atoms with Gasteiger partial charge in [0.05, 0.1) is 24.6 Å². The number of aromatic amines is 1. The van der Waals surface area contributed by atoms with Gasteiger partial charge in [-0.3, -0.25) is 14.7 Å². The fourth-order valence-electron chi connectivity index (χ4n) is 5.14. The van der Waals surface area contributed by atoms with Crippen molar-refractivity contribution in [3.05, 3.63) is 38.6 Å². The van der Waals surface area contributed by atoms with Crippen LogP contribution in [0.5, 0.6) is 0 Å². The van der Waals surface area contributed by atoms with Crippen LogP contribution in [-0.4, -0.2) is 59.4 Å². The number of ether oxygens (including phenoxy) is 1. The summed E-state index contributed by atoms with van der Waals surface area (Å²) < 4.78 is 10.8. The van der Waals surface area contributed by atoms with Crippen LogP contribution in [0, 0.1) is 13.8 Å². The maximum absolute atomic E-state index is 12.8. The van der Waals surface area contributed by atoms with Gasteiger partial charge in [0, 0.05) is 36.2 Å². The van der Waals surface area contributed by atoms with Gasteiger partial charge >= 0.3 is 0 Å². The summed E-state index contributed by atoms with van der Waals surface area (Å²) in [4.78, 5) is 25.4. The lowest BCUT2D eigenvalue weighted by Gasteiger charge is -2.39. The second kappa shape index (κ2) is 7.25. The number of hydrogen-bond donors (Lipinski definition) is 1. The second-order valence-corrected chi connectivity index (χ2v) is 8.68. The number of hydrogen-bond acceptors (Lipinski definition) is 7. The molecule has 0 amide bonds. The summed E-state index contributed by atoms with van der Waals surface area (Å²) in [7, 11) is 0. The molecule has 4 heterocycles. The third-order valence-corrected chi connectivity index (χ3v) is 7.05. The van der Waals surface area contributed by atoms with Crippen molar-refractivity contribution in [1.82, 2.24) is 20.0 Å². The SMILES string of the molecule is Cc1noc(C)c1CN1CCC2(CCc3c2nc(N2CCOCC2)[nH]c3=O)CC1. The molecule has 1 N–H and O–H groups in total. The molecule has 8 nitrogen and oxygen atoms in total. The van der Waals surface area contributed by atoms with Gasteiger partial charge < -0.3 is 14.2 Å². The highest BCUT2D eigenvalue weighted by Gasteiger charge is 2.44. The van der Waals surface area contributed by atoms with E-state index in [0.717, 1.165) is 87.1 Å². The number of piperidine rings is 1. The molecule has 2 aromatic heterocycles. The lowest BCUT2D eigenvalue weighted by atomic mass is 9.76. The first-order valence-corrected chi connectivity index (χ1v) is 10.7. The molecular formula is C21H29N5O3. The molecule has 2 fully saturated rings. The van der Waals surface area contributed by atoms with Crippen LogP contribution in [0.25, 0.3) is 0 Å². The summed E-state index contributed by atoms with van der Waals surface area (Å²) in [5.41, 5.74) is 4.24. The lowest BCUT2D eigenvalue weighted by Crippen LogP contribution is -2.43. The molecule has 2 saturated heterocycles. The zero-order valence-electron chi connectivity index (χ0n) is 17.3. The summed E-state index contributed by atoms with van der Waals surface area (Å²) in [6.45, 7) is 9.80. The molecule has 5 rings (SSSR count). The largest absolute Gasteiger partial charge is 0.378 e. The molecule has 0 aromatic carbocycles. The van der Waals surface area contributed by atoms with Crippen molar-refractivity contribution in [3.63, 3.8) is 0 Å². The van der Waals surface area contributed by atoms with Crippen molar-refractivity contribution in [2.24, 2.45) is 0 Å². The molecule has 156 valence electrons. The average Bonchev–Trinajstić information content (AvgIpc) is 3.26. The molecular weight excluding hydrogens is 370 g/mol. The Labute approximate surface area is 170 Å². The Morgan fingerprint density at radius 1 is 1.10 bits per heavy atom. The third-order valence-electron chi connectivity index (χ3n) is 7.05. The van der Waals surface area contributed by atoms with Crippen molar-refractivity contribution in [2.75, 3.05) is 44.3 Å². The van der Waals surface area contributed by atoms with Gasteiger partial charge in [-0.1, -0.05) is 5.16 Å². The van der Waals surface area contributed by atoms with Crippen molar-refractivity contribution >= 4 is 5.95 Å². The summed E-state index contributed by atoms with van der Waals surface area (Å²) in [6, 6.07) is 0. The quantitative estimate of drug-likeness (QED) is 0.840. The van der Waals surface area contributed by atoms with Crippen LogP contribution in [0.1, 0.15) is 47.5 Å². The van der Waals surface area contributed by atoms with Crippen LogP contribution in [0.15, 0.2) is 9.32 Å². The van der Waals surface area contributed by atoms with E-state index in [9.17, 15) is 4.79 Å². The van der Waals surface area contributed by atoms with E-state index in [-0.39, 0.29) is 11.0 Å². The van der Waals surface area contributed by atoms with E-state index in [1.807, 2.05) is 13.8 Å². The molecule has 8 heteroatoms. The van der Waals surface area contributed by atoms with E-state index < -0.39 is 0 Å². The predicted octanol–water partition coefficient (Wildman–Crippen LogP) is 1.69. The van der Waals surface area contributed by atoms with E-state index in [2.05, 4.69) is 19.9 Å². The van der Waals surface area contributed by atoms with E-state index in [4.69, 9.17) is 14.2 Å². The van der Waals surface area contributed by atoms with Gasteiger partial charge in [0.25, 0.3) is 5.56 Å². The monoisotopic (exact) mass is 399 g/mol. The summed E-state index contributed by atoms with van der Waals surface area (Å²) in [5.74, 6) is 1.63. The van der Waals surface area contributed by atoms with Gasteiger partial charge in [0.15, 0.2) is 0 Å². The standard InChI is InChI=1S/C21H29N5O3/c1-14-17(15(2)29-24-14)13-25-7-5-21(6-8-25)4-3-16-18(21)22-20(23-19(16)27)26-9-11-28-12-10-26/h3-13H2,1-2H3,(H,22,23,27). The molecule has 1 aliphatic carbocycles. The number of aryl methyl sites for hydroxylation is 2. The maximum Gasteiger partial charge on any atom is 0.255 e. The normalized spacial score (nSPS) is 21.7. The molecule has 3 aliphatic rings. The smallest absolute Gasteiger partial charge is 0.255 e. The van der Waals surface area contributed by atoms with Crippen LogP contribution in [-0.2, 0) is 23.1 Å². The number of nitrogens with one attached hydrogen (secondary N) is 1. The van der Waals surface area contributed by atoms with Gasteiger partial charge in [-0.15, -0.1) is 0 Å². The van der Waals surface area contributed by atoms with Crippen molar-refractivity contribution in [2.45, 2.75) is 51.5 Å². The zero-order chi connectivity index (χ0) is 20.0. The first-order chi connectivity index (χ1) is 14.1. The Bertz CT molecular complexity index is 932. The number of aromatic nitrogens is 3. The van der Waals surface area contributed by atoms with Crippen LogP contribution in [0.3, 0.4) is 0 Å². The Morgan fingerprint density at radius 2 is 1.86 bits per heavy atom. The molecule has 2 aliphatic heterocycles. The molecule has 0 atom stereocenters. The number of morpholine rings is 1. The predicted molar refractivity (Wildman–Crippen MR) is 108 cm³/mol. The van der Waals surface area contributed by atoms with Crippen molar-refractivity contribution in [1.29, 1.82) is 0 Å². The first kappa shape index (κ1) is 18.8. The van der Waals surface area contributed by atoms with E-state index in [1.165, 1.54) is 5.56 Å². The van der Waals surface area contributed by atoms with Crippen LogP contribution < -0.4 is 10.5 Å². The van der Waals surface area contributed by atoms with Gasteiger partial charge in [-0.2, -0.15) is 0 Å². The van der Waals surface area contributed by atoms with Crippen LogP contribution in [0.2, 0.25) is 0 Å². The topological polar surface area (TPSA) is 87.5 Å². The van der Waals surface area contributed by atoms with Gasteiger partial charge in [0.1, 0.15) is 5.76 Å². The van der Waals surface area contributed by atoms with Gasteiger partial charge in [-0.25, -0.2) is 4.98 Å². The van der Waals surface area contributed by atoms with Crippen LogP contribution in [0.4, 0.5) is 5.95 Å². The highest BCUT2D eigenvalue weighted by Crippen LogP contribution is 2.44. The lowest BCUT2D eigenvalue weighted by molar-refractivity contribution is 0.122. The number of anilines is 1. The van der Waals surface area contributed by atoms with Gasteiger partial charge in [-0.05, 0) is 52.6 Å². The fraction of sp³-hybridized carbons (Fsp3) is 0.667. The third kappa shape index (κ3) is 3.28. The van der Waals surface area contributed by atoms with E-state index in [0.29, 0.717) is 13.2 Å². The van der Waals surface area contributed by atoms with Gasteiger partial charge in [0.2, 0.25) is 5.95 Å². The molecule has 0 saturated carbocycles. The molecule has 1 spiro atoms. The Balaban J connectivity index is 1.36. The average molecular weight is 399 g/mol. The van der Waals surface area contributed by atoms with Crippen molar-refractivity contribution in [3.8, 4) is 0 Å². The molecule has 0 bridgehead atoms. The summed E-state index contributed by atoms with van der Waals surface area (Å²) in [5, 5.41) is 4.08. The van der Waals surface area contributed by atoms with E-state index in [1.54, 1.807) is 0 Å².